The van der Waals surface area contributed by atoms with Crippen molar-refractivity contribution in [3.05, 3.63) is 53.2 Å². The zero-order chi connectivity index (χ0) is 13.7. The molecule has 1 N–H and O–H groups in total. The third kappa shape index (κ3) is 3.91. The molecule has 0 unspecified atom stereocenters. The first kappa shape index (κ1) is 13.8. The van der Waals surface area contributed by atoms with Crippen molar-refractivity contribution in [3.63, 3.8) is 0 Å². The molecule has 0 amide bonds. The van der Waals surface area contributed by atoms with Gasteiger partial charge in [0.15, 0.2) is 0 Å². The largest absolute Gasteiger partial charge is 0.462 e. The van der Waals surface area contributed by atoms with Gasteiger partial charge in [-0.3, -0.25) is 9.88 Å². The van der Waals surface area contributed by atoms with Gasteiger partial charge in [-0.25, -0.2) is 0 Å². The fraction of sp³-hybridized carbons (Fsp3) is 0.400. The van der Waals surface area contributed by atoms with Crippen molar-refractivity contribution >= 4 is 0 Å². The molecule has 4 heteroatoms. The maximum atomic E-state index is 8.99. The Labute approximate surface area is 113 Å². The lowest BCUT2D eigenvalue weighted by atomic mass is 10.3. The van der Waals surface area contributed by atoms with Crippen molar-refractivity contribution in [2.75, 3.05) is 6.54 Å². The fourth-order valence-corrected chi connectivity index (χ4v) is 2.01. The molecule has 0 atom stereocenters. The Hall–Kier alpha value is -1.65. The van der Waals surface area contributed by atoms with Gasteiger partial charge >= 0.3 is 0 Å². The summed E-state index contributed by atoms with van der Waals surface area (Å²) in [5.74, 6) is 1.48. The summed E-state index contributed by atoms with van der Waals surface area (Å²) in [7, 11) is 0. The Morgan fingerprint density at radius 3 is 2.58 bits per heavy atom. The number of furan rings is 1. The van der Waals surface area contributed by atoms with E-state index < -0.39 is 0 Å². The number of nitrogens with zero attached hydrogens (tertiary/aromatic N) is 2. The van der Waals surface area contributed by atoms with Gasteiger partial charge in [0, 0.05) is 12.2 Å². The second-order valence-electron chi connectivity index (χ2n) is 4.60. The highest BCUT2D eigenvalue weighted by atomic mass is 16.4. The zero-order valence-corrected chi connectivity index (χ0v) is 11.5. The minimum absolute atomic E-state index is 0.0500. The first-order valence-corrected chi connectivity index (χ1v) is 6.54. The molecule has 2 aromatic heterocycles. The normalized spacial score (nSPS) is 11.2. The molecular weight excluding hydrogens is 240 g/mol. The quantitative estimate of drug-likeness (QED) is 0.867. The number of rotatable bonds is 6. The second kappa shape index (κ2) is 6.50. The lowest BCUT2D eigenvalue weighted by molar-refractivity contribution is 0.218. The smallest absolute Gasteiger partial charge is 0.129 e. The minimum Gasteiger partial charge on any atom is -0.462 e. The Bertz CT molecular complexity index is 522. The van der Waals surface area contributed by atoms with Crippen LogP contribution in [0.1, 0.15) is 29.8 Å². The Balaban J connectivity index is 2.00. The summed E-state index contributed by atoms with van der Waals surface area (Å²) in [5.41, 5.74) is 2.10. The van der Waals surface area contributed by atoms with E-state index in [0.717, 1.165) is 36.8 Å². The molecule has 2 heterocycles. The van der Waals surface area contributed by atoms with Crippen molar-refractivity contribution < 1.29 is 9.52 Å². The maximum Gasteiger partial charge on any atom is 0.129 e. The van der Waals surface area contributed by atoms with Crippen molar-refractivity contribution in [3.8, 4) is 0 Å². The van der Waals surface area contributed by atoms with Gasteiger partial charge in [-0.15, -0.1) is 0 Å². The molecule has 19 heavy (non-hydrogen) atoms. The predicted molar refractivity (Wildman–Crippen MR) is 73.4 cm³/mol. The molecule has 0 saturated carbocycles. The van der Waals surface area contributed by atoms with E-state index in [9.17, 15) is 0 Å². The number of aliphatic hydroxyl groups is 1. The van der Waals surface area contributed by atoms with Gasteiger partial charge in [-0.05, 0) is 37.7 Å². The summed E-state index contributed by atoms with van der Waals surface area (Å²) >= 11 is 0. The van der Waals surface area contributed by atoms with Crippen LogP contribution in [0, 0.1) is 6.92 Å². The lowest BCUT2D eigenvalue weighted by Gasteiger charge is -2.18. The molecule has 4 nitrogen and oxygen atoms in total. The van der Waals surface area contributed by atoms with E-state index in [1.165, 1.54) is 0 Å². The van der Waals surface area contributed by atoms with Gasteiger partial charge in [0.05, 0.1) is 12.2 Å². The van der Waals surface area contributed by atoms with Crippen LogP contribution in [-0.2, 0) is 19.7 Å². The van der Waals surface area contributed by atoms with Crippen LogP contribution < -0.4 is 0 Å². The summed E-state index contributed by atoms with van der Waals surface area (Å²) in [6, 6.07) is 9.80. The van der Waals surface area contributed by atoms with Crippen molar-refractivity contribution in [2.24, 2.45) is 0 Å². The number of aryl methyl sites for hydroxylation is 1. The van der Waals surface area contributed by atoms with Crippen molar-refractivity contribution in [2.45, 2.75) is 33.5 Å². The van der Waals surface area contributed by atoms with Crippen LogP contribution in [0.5, 0.6) is 0 Å². The molecule has 2 aromatic rings. The van der Waals surface area contributed by atoms with Gasteiger partial charge < -0.3 is 9.52 Å². The molecule has 0 spiro atoms. The van der Waals surface area contributed by atoms with Crippen LogP contribution in [0.25, 0.3) is 0 Å². The van der Waals surface area contributed by atoms with Crippen LogP contribution >= 0.6 is 0 Å². The third-order valence-corrected chi connectivity index (χ3v) is 3.03. The lowest BCUT2D eigenvalue weighted by Crippen LogP contribution is -2.22. The first-order chi connectivity index (χ1) is 9.21. The van der Waals surface area contributed by atoms with E-state index in [-0.39, 0.29) is 6.61 Å². The van der Waals surface area contributed by atoms with Crippen LogP contribution in [0.15, 0.2) is 34.7 Å². The number of pyridine rings is 1. The number of hydrogen-bond donors (Lipinski definition) is 1. The van der Waals surface area contributed by atoms with Gasteiger partial charge in [0.1, 0.15) is 18.1 Å². The number of hydrogen-bond acceptors (Lipinski definition) is 4. The highest BCUT2D eigenvalue weighted by Gasteiger charge is 2.09. The summed E-state index contributed by atoms with van der Waals surface area (Å²) < 4.78 is 5.51. The van der Waals surface area contributed by atoms with Gasteiger partial charge in [-0.2, -0.15) is 0 Å². The monoisotopic (exact) mass is 260 g/mol. The third-order valence-electron chi connectivity index (χ3n) is 3.03. The van der Waals surface area contributed by atoms with Gasteiger partial charge in [0.25, 0.3) is 0 Å². The minimum atomic E-state index is -0.0500. The highest BCUT2D eigenvalue weighted by molar-refractivity contribution is 5.10. The molecule has 2 rings (SSSR count). The van der Waals surface area contributed by atoms with E-state index in [0.29, 0.717) is 5.76 Å². The molecule has 0 fully saturated rings. The summed E-state index contributed by atoms with van der Waals surface area (Å²) in [6.07, 6.45) is 0. The van der Waals surface area contributed by atoms with E-state index >= 15 is 0 Å². The van der Waals surface area contributed by atoms with Gasteiger partial charge in [-0.1, -0.05) is 13.0 Å². The Kier molecular flexibility index (Phi) is 4.71. The Morgan fingerprint density at radius 1 is 1.16 bits per heavy atom. The van der Waals surface area contributed by atoms with Crippen molar-refractivity contribution in [1.82, 2.24) is 9.88 Å². The standard InChI is InChI=1S/C15H20N2O2/c1-3-17(9-13-6-4-5-12(2)16-13)10-14-7-8-15(11-18)19-14/h4-8,18H,3,9-11H2,1-2H3. The molecule has 0 aliphatic rings. The summed E-state index contributed by atoms with van der Waals surface area (Å²) in [5, 5.41) is 8.99. The number of aromatic nitrogens is 1. The Morgan fingerprint density at radius 2 is 1.95 bits per heavy atom. The van der Waals surface area contributed by atoms with E-state index in [4.69, 9.17) is 9.52 Å². The number of aliphatic hydroxyl groups excluding tert-OH is 1. The van der Waals surface area contributed by atoms with E-state index in [1.807, 2.05) is 37.3 Å². The summed E-state index contributed by atoms with van der Waals surface area (Å²) in [4.78, 5) is 6.76. The molecule has 0 aliphatic carbocycles. The average Bonchev–Trinajstić information content (AvgIpc) is 2.85. The van der Waals surface area contributed by atoms with Crippen LogP contribution in [0.2, 0.25) is 0 Å². The highest BCUT2D eigenvalue weighted by Crippen LogP contribution is 2.12. The molecule has 102 valence electrons. The molecular formula is C15H20N2O2. The molecule has 0 aromatic carbocycles. The second-order valence-corrected chi connectivity index (χ2v) is 4.60. The average molecular weight is 260 g/mol. The maximum absolute atomic E-state index is 8.99. The fourth-order valence-electron chi connectivity index (χ4n) is 2.01. The topological polar surface area (TPSA) is 49.5 Å². The first-order valence-electron chi connectivity index (χ1n) is 6.54. The van der Waals surface area contributed by atoms with Gasteiger partial charge in [0.2, 0.25) is 0 Å². The predicted octanol–water partition coefficient (Wildman–Crippen LogP) is 2.50. The molecule has 0 bridgehead atoms. The molecule has 0 saturated heterocycles. The van der Waals surface area contributed by atoms with Crippen LogP contribution in [0.3, 0.4) is 0 Å². The van der Waals surface area contributed by atoms with Crippen LogP contribution in [0.4, 0.5) is 0 Å². The van der Waals surface area contributed by atoms with Crippen molar-refractivity contribution in [1.29, 1.82) is 0 Å². The molecule has 0 aliphatic heterocycles. The molecule has 0 radical (unpaired) electrons. The van der Waals surface area contributed by atoms with Crippen LogP contribution in [-0.4, -0.2) is 21.5 Å². The van der Waals surface area contributed by atoms with E-state index in [2.05, 4.69) is 16.8 Å². The SMILES string of the molecule is CCN(Cc1cccc(C)n1)Cc1ccc(CO)o1. The summed E-state index contributed by atoms with van der Waals surface area (Å²) in [6.45, 7) is 6.52. The zero-order valence-electron chi connectivity index (χ0n) is 11.5. The van der Waals surface area contributed by atoms with E-state index in [1.54, 1.807) is 0 Å².